The van der Waals surface area contributed by atoms with Crippen molar-refractivity contribution in [2.24, 2.45) is 0 Å². The number of aryl methyl sites for hydroxylation is 1. The Hall–Kier alpha value is -3.72. The van der Waals surface area contributed by atoms with Gasteiger partial charge in [-0.3, -0.25) is 14.4 Å². The Morgan fingerprint density at radius 3 is 2.26 bits per heavy atom. The second kappa shape index (κ2) is 13.9. The minimum absolute atomic E-state index is 0.00479. The Labute approximate surface area is 229 Å². The molecule has 4 rings (SSSR count). The molecule has 0 spiro atoms. The van der Waals surface area contributed by atoms with Crippen LogP contribution < -0.4 is 16.0 Å². The molecule has 2 aliphatic rings. The minimum atomic E-state index is -1.03. The highest BCUT2D eigenvalue weighted by atomic mass is 16.4. The van der Waals surface area contributed by atoms with Gasteiger partial charge in [0.2, 0.25) is 17.7 Å². The second-order valence-electron chi connectivity index (χ2n) is 10.4. The van der Waals surface area contributed by atoms with Gasteiger partial charge >= 0.3 is 5.97 Å². The molecule has 0 saturated carbocycles. The van der Waals surface area contributed by atoms with Crippen molar-refractivity contribution in [1.29, 1.82) is 0 Å². The number of carbonyl (C=O) groups excluding carboxylic acids is 3. The standard InChI is InChI=1S/C30H38N4O5/c35-27(20-23(19-22-11-5-2-6-12-22)32-28(36)24-13-7-17-31-24)33-25(16-15-21-9-3-1-4-10-21)29(37)34-18-8-14-26(34)30(38)39/h1-6,9-12,23-26,31H,7-8,13-20H2,(H,32,36)(H,33,35)(H,38,39)/t23-,24-,25-,26-/m0/s1. The molecule has 0 aromatic heterocycles. The number of hydrogen-bond donors (Lipinski definition) is 4. The molecule has 4 atom stereocenters. The van der Waals surface area contributed by atoms with Crippen LogP contribution in [0.15, 0.2) is 60.7 Å². The van der Waals surface area contributed by atoms with Crippen molar-refractivity contribution < 1.29 is 24.3 Å². The van der Waals surface area contributed by atoms with Crippen LogP contribution in [0.1, 0.15) is 49.7 Å². The largest absolute Gasteiger partial charge is 0.480 e. The van der Waals surface area contributed by atoms with Crippen LogP contribution in [0.25, 0.3) is 0 Å². The average molecular weight is 535 g/mol. The first-order chi connectivity index (χ1) is 18.9. The molecule has 9 nitrogen and oxygen atoms in total. The van der Waals surface area contributed by atoms with Crippen LogP contribution in [-0.2, 0) is 32.0 Å². The lowest BCUT2D eigenvalue weighted by Crippen LogP contribution is -2.53. The normalized spacial score (nSPS) is 20.3. The van der Waals surface area contributed by atoms with Crippen molar-refractivity contribution in [2.75, 3.05) is 13.1 Å². The molecule has 4 N–H and O–H groups in total. The lowest BCUT2D eigenvalue weighted by atomic mass is 10.0. The van der Waals surface area contributed by atoms with Gasteiger partial charge in [-0.1, -0.05) is 60.7 Å². The van der Waals surface area contributed by atoms with Crippen molar-refractivity contribution in [3.05, 3.63) is 71.8 Å². The molecule has 0 unspecified atom stereocenters. The zero-order chi connectivity index (χ0) is 27.6. The molecule has 2 fully saturated rings. The molecule has 2 aromatic rings. The molecule has 39 heavy (non-hydrogen) atoms. The van der Waals surface area contributed by atoms with Gasteiger partial charge in [0.1, 0.15) is 12.1 Å². The van der Waals surface area contributed by atoms with Gasteiger partial charge in [0, 0.05) is 19.0 Å². The summed E-state index contributed by atoms with van der Waals surface area (Å²) in [5.74, 6) is -1.88. The van der Waals surface area contributed by atoms with Gasteiger partial charge in [-0.2, -0.15) is 0 Å². The minimum Gasteiger partial charge on any atom is -0.480 e. The number of carbonyl (C=O) groups is 4. The summed E-state index contributed by atoms with van der Waals surface area (Å²) >= 11 is 0. The predicted molar refractivity (Wildman–Crippen MR) is 147 cm³/mol. The highest BCUT2D eigenvalue weighted by Crippen LogP contribution is 2.20. The van der Waals surface area contributed by atoms with Gasteiger partial charge in [0.25, 0.3) is 0 Å². The average Bonchev–Trinajstić information content (AvgIpc) is 3.65. The zero-order valence-electron chi connectivity index (χ0n) is 22.2. The number of hydrogen-bond acceptors (Lipinski definition) is 5. The summed E-state index contributed by atoms with van der Waals surface area (Å²) in [4.78, 5) is 52.8. The van der Waals surface area contributed by atoms with E-state index in [9.17, 15) is 24.3 Å². The maximum absolute atomic E-state index is 13.5. The van der Waals surface area contributed by atoms with E-state index in [1.165, 1.54) is 4.90 Å². The van der Waals surface area contributed by atoms with E-state index in [4.69, 9.17) is 0 Å². The van der Waals surface area contributed by atoms with Crippen molar-refractivity contribution in [3.63, 3.8) is 0 Å². The molecule has 0 aliphatic carbocycles. The third kappa shape index (κ3) is 8.13. The first-order valence-corrected chi connectivity index (χ1v) is 13.8. The molecule has 2 aromatic carbocycles. The van der Waals surface area contributed by atoms with E-state index >= 15 is 0 Å². The lowest BCUT2D eigenvalue weighted by Gasteiger charge is -2.28. The Bertz CT molecular complexity index is 1120. The summed E-state index contributed by atoms with van der Waals surface area (Å²) in [6.45, 7) is 1.15. The number of aliphatic carboxylic acids is 1. The predicted octanol–water partition coefficient (Wildman–Crippen LogP) is 2.05. The fourth-order valence-corrected chi connectivity index (χ4v) is 5.46. The SMILES string of the molecule is O=C(C[C@H](Cc1ccccc1)NC(=O)[C@@H]1CCCN1)N[C@@H](CCc1ccccc1)C(=O)N1CCC[C@H]1C(=O)O. The maximum Gasteiger partial charge on any atom is 0.326 e. The van der Waals surface area contributed by atoms with E-state index in [0.29, 0.717) is 38.6 Å². The summed E-state index contributed by atoms with van der Waals surface area (Å²) in [5, 5.41) is 18.7. The van der Waals surface area contributed by atoms with Crippen LogP contribution in [0.4, 0.5) is 0 Å². The van der Waals surface area contributed by atoms with Gasteiger partial charge in [-0.15, -0.1) is 0 Å². The second-order valence-corrected chi connectivity index (χ2v) is 10.4. The number of nitrogens with zero attached hydrogens (tertiary/aromatic N) is 1. The Morgan fingerprint density at radius 2 is 1.62 bits per heavy atom. The zero-order valence-corrected chi connectivity index (χ0v) is 22.2. The summed E-state index contributed by atoms with van der Waals surface area (Å²) in [6, 6.07) is 16.9. The molecule has 2 saturated heterocycles. The first kappa shape index (κ1) is 28.3. The lowest BCUT2D eigenvalue weighted by molar-refractivity contribution is -0.149. The van der Waals surface area contributed by atoms with Gasteiger partial charge in [-0.25, -0.2) is 4.79 Å². The molecule has 0 radical (unpaired) electrons. The van der Waals surface area contributed by atoms with Crippen LogP contribution in [0.2, 0.25) is 0 Å². The number of benzene rings is 2. The summed E-state index contributed by atoms with van der Waals surface area (Å²) in [7, 11) is 0. The van der Waals surface area contributed by atoms with Crippen LogP contribution in [-0.4, -0.2) is 71.0 Å². The molecular weight excluding hydrogens is 496 g/mol. The van der Waals surface area contributed by atoms with Gasteiger partial charge in [0.05, 0.1) is 6.04 Å². The summed E-state index contributed by atoms with van der Waals surface area (Å²) in [6.07, 6.45) is 4.09. The summed E-state index contributed by atoms with van der Waals surface area (Å²) in [5.41, 5.74) is 2.02. The number of amides is 3. The van der Waals surface area contributed by atoms with Crippen molar-refractivity contribution in [3.8, 4) is 0 Å². The van der Waals surface area contributed by atoms with Gasteiger partial charge < -0.3 is 26.0 Å². The van der Waals surface area contributed by atoms with Crippen LogP contribution >= 0.6 is 0 Å². The summed E-state index contributed by atoms with van der Waals surface area (Å²) < 4.78 is 0. The Morgan fingerprint density at radius 1 is 0.923 bits per heavy atom. The molecule has 0 bridgehead atoms. The number of carboxylic acid groups (broad SMARTS) is 1. The molecule has 3 amide bonds. The van der Waals surface area contributed by atoms with Gasteiger partial charge in [-0.05, 0) is 62.6 Å². The van der Waals surface area contributed by atoms with E-state index in [2.05, 4.69) is 16.0 Å². The molecule has 9 heteroatoms. The molecular formula is C30H38N4O5. The number of nitrogens with one attached hydrogen (secondary N) is 3. The van der Waals surface area contributed by atoms with Gasteiger partial charge in [0.15, 0.2) is 0 Å². The van der Waals surface area contributed by atoms with E-state index in [-0.39, 0.29) is 30.2 Å². The van der Waals surface area contributed by atoms with Crippen molar-refractivity contribution in [2.45, 2.75) is 75.5 Å². The highest BCUT2D eigenvalue weighted by Gasteiger charge is 2.37. The van der Waals surface area contributed by atoms with Crippen molar-refractivity contribution in [1.82, 2.24) is 20.9 Å². The molecule has 208 valence electrons. The quantitative estimate of drug-likeness (QED) is 0.330. The smallest absolute Gasteiger partial charge is 0.326 e. The van der Waals surface area contributed by atoms with Crippen LogP contribution in [0, 0.1) is 0 Å². The Kier molecular flexibility index (Phi) is 10.1. The maximum atomic E-state index is 13.5. The third-order valence-electron chi connectivity index (χ3n) is 7.50. The Balaban J connectivity index is 1.46. The first-order valence-electron chi connectivity index (χ1n) is 13.8. The number of likely N-dealkylation sites (tertiary alicyclic amines) is 1. The van der Waals surface area contributed by atoms with E-state index < -0.39 is 24.1 Å². The molecule has 2 aliphatic heterocycles. The third-order valence-corrected chi connectivity index (χ3v) is 7.50. The van der Waals surface area contributed by atoms with E-state index in [1.807, 2.05) is 60.7 Å². The monoisotopic (exact) mass is 534 g/mol. The fraction of sp³-hybridized carbons (Fsp3) is 0.467. The fourth-order valence-electron chi connectivity index (χ4n) is 5.46. The van der Waals surface area contributed by atoms with E-state index in [0.717, 1.165) is 30.5 Å². The highest BCUT2D eigenvalue weighted by molar-refractivity contribution is 5.91. The van der Waals surface area contributed by atoms with Crippen LogP contribution in [0.3, 0.4) is 0 Å². The molecule has 2 heterocycles. The topological polar surface area (TPSA) is 128 Å². The number of rotatable bonds is 12. The van der Waals surface area contributed by atoms with Crippen molar-refractivity contribution >= 4 is 23.7 Å². The van der Waals surface area contributed by atoms with Crippen LogP contribution in [0.5, 0.6) is 0 Å². The number of carboxylic acids is 1. The van der Waals surface area contributed by atoms with E-state index in [1.54, 1.807) is 0 Å².